The fourth-order valence-electron chi connectivity index (χ4n) is 4.03. The van der Waals surface area contributed by atoms with Gasteiger partial charge in [0.2, 0.25) is 5.91 Å². The number of urea groups is 1. The number of imide groups is 1. The summed E-state index contributed by atoms with van der Waals surface area (Å²) in [6, 6.07) is 7.62. The lowest BCUT2D eigenvalue weighted by atomic mass is 9.92. The van der Waals surface area contributed by atoms with Gasteiger partial charge in [0.05, 0.1) is 11.5 Å². The summed E-state index contributed by atoms with van der Waals surface area (Å²) in [4.78, 5) is 41.1. The monoisotopic (exact) mass is 421 g/mol. The highest BCUT2D eigenvalue weighted by Gasteiger charge is 2.50. The van der Waals surface area contributed by atoms with E-state index < -0.39 is 45.8 Å². The Kier molecular flexibility index (Phi) is 5.71. The zero-order valence-electron chi connectivity index (χ0n) is 16.9. The highest BCUT2D eigenvalue weighted by atomic mass is 32.2. The highest BCUT2D eigenvalue weighted by Crippen LogP contribution is 2.29. The van der Waals surface area contributed by atoms with Gasteiger partial charge in [-0.05, 0) is 32.3 Å². The van der Waals surface area contributed by atoms with Crippen molar-refractivity contribution >= 4 is 27.7 Å². The van der Waals surface area contributed by atoms with E-state index in [4.69, 9.17) is 0 Å². The maximum absolute atomic E-state index is 13.1. The molecule has 0 unspecified atom stereocenters. The summed E-state index contributed by atoms with van der Waals surface area (Å²) in [7, 11) is -3.17. The number of carbonyl (C=O) groups excluding carboxylic acids is 3. The van der Waals surface area contributed by atoms with Crippen LogP contribution in [0, 0.1) is 0 Å². The number of rotatable bonds is 6. The summed E-state index contributed by atoms with van der Waals surface area (Å²) in [5, 5.41) is 2.69. The number of hydrogen-bond acceptors (Lipinski definition) is 5. The topological polar surface area (TPSA) is 104 Å². The fourth-order valence-corrected chi connectivity index (χ4v) is 5.74. The Morgan fingerprint density at radius 2 is 1.97 bits per heavy atom. The lowest BCUT2D eigenvalue weighted by Crippen LogP contribution is -2.51. The molecule has 1 aromatic rings. The smallest absolute Gasteiger partial charge is 0.325 e. The first-order valence-electron chi connectivity index (χ1n) is 9.80. The molecular formula is C20H27N3O5S. The molecule has 9 heteroatoms. The molecule has 29 heavy (non-hydrogen) atoms. The quantitative estimate of drug-likeness (QED) is 0.697. The Labute approximate surface area is 171 Å². The van der Waals surface area contributed by atoms with Gasteiger partial charge in [0, 0.05) is 12.1 Å². The van der Waals surface area contributed by atoms with E-state index in [9.17, 15) is 22.8 Å². The molecule has 2 aliphatic heterocycles. The van der Waals surface area contributed by atoms with E-state index >= 15 is 0 Å². The number of nitrogens with zero attached hydrogens (tertiary/aromatic N) is 2. The Balaban J connectivity index is 1.81. The van der Waals surface area contributed by atoms with Gasteiger partial charge >= 0.3 is 6.03 Å². The second kappa shape index (κ2) is 7.78. The zero-order chi connectivity index (χ0) is 21.4. The Morgan fingerprint density at radius 3 is 2.52 bits per heavy atom. The lowest BCUT2D eigenvalue weighted by Gasteiger charge is -2.34. The lowest BCUT2D eigenvalue weighted by molar-refractivity contribution is -0.141. The summed E-state index contributed by atoms with van der Waals surface area (Å²) in [5.74, 6) is -0.939. The number of nitrogens with one attached hydrogen (secondary N) is 1. The summed E-state index contributed by atoms with van der Waals surface area (Å²) in [6.07, 6.45) is 1.02. The molecule has 0 saturated carbocycles. The zero-order valence-corrected chi connectivity index (χ0v) is 17.7. The van der Waals surface area contributed by atoms with Gasteiger partial charge in [-0.2, -0.15) is 0 Å². The molecule has 0 bridgehead atoms. The van der Waals surface area contributed by atoms with Crippen molar-refractivity contribution in [2.45, 2.75) is 51.2 Å². The van der Waals surface area contributed by atoms with Gasteiger partial charge in [-0.25, -0.2) is 13.2 Å². The fraction of sp³-hybridized carbons (Fsp3) is 0.550. The molecule has 1 N–H and O–H groups in total. The molecule has 3 atom stereocenters. The van der Waals surface area contributed by atoms with Crippen LogP contribution in [0.5, 0.6) is 0 Å². The van der Waals surface area contributed by atoms with Gasteiger partial charge in [-0.1, -0.05) is 37.3 Å². The molecule has 2 heterocycles. The molecule has 2 aliphatic rings. The minimum absolute atomic E-state index is 0.0487. The first-order valence-corrected chi connectivity index (χ1v) is 11.6. The van der Waals surface area contributed by atoms with E-state index in [1.54, 1.807) is 36.1 Å². The average Bonchev–Trinajstić information content (AvgIpc) is 3.14. The Hall–Kier alpha value is -2.42. The van der Waals surface area contributed by atoms with Crippen LogP contribution in [0.25, 0.3) is 0 Å². The molecule has 8 nitrogen and oxygen atoms in total. The molecule has 0 aromatic heterocycles. The molecule has 2 saturated heterocycles. The maximum Gasteiger partial charge on any atom is 0.325 e. The number of amides is 4. The normalized spacial score (nSPS) is 27.0. The van der Waals surface area contributed by atoms with Crippen molar-refractivity contribution in [3.8, 4) is 0 Å². The third-order valence-electron chi connectivity index (χ3n) is 5.87. The van der Waals surface area contributed by atoms with Gasteiger partial charge in [0.15, 0.2) is 9.84 Å². The van der Waals surface area contributed by atoms with Crippen LogP contribution >= 0.6 is 0 Å². The largest absolute Gasteiger partial charge is 0.334 e. The van der Waals surface area contributed by atoms with Crippen molar-refractivity contribution < 1.29 is 22.8 Å². The van der Waals surface area contributed by atoms with E-state index in [-0.39, 0.29) is 17.5 Å². The van der Waals surface area contributed by atoms with E-state index in [0.717, 1.165) is 4.90 Å². The van der Waals surface area contributed by atoms with E-state index in [1.807, 2.05) is 19.9 Å². The maximum atomic E-state index is 13.1. The van der Waals surface area contributed by atoms with Gasteiger partial charge in [-0.15, -0.1) is 0 Å². The second-order valence-corrected chi connectivity index (χ2v) is 10.2. The Morgan fingerprint density at radius 1 is 1.31 bits per heavy atom. The van der Waals surface area contributed by atoms with Crippen LogP contribution in [0.4, 0.5) is 4.79 Å². The van der Waals surface area contributed by atoms with Crippen LogP contribution in [0.3, 0.4) is 0 Å². The minimum Gasteiger partial charge on any atom is -0.334 e. The SMILES string of the molecule is CC[C@H](C)N(C(=O)CN1C(=O)N[C@](C)(c2ccccc2)C1=O)[C@@H]1CCS(=O)(=O)C1. The minimum atomic E-state index is -3.17. The molecular weight excluding hydrogens is 394 g/mol. The van der Waals surface area contributed by atoms with E-state index in [1.165, 1.54) is 0 Å². The first-order chi connectivity index (χ1) is 13.6. The van der Waals surface area contributed by atoms with E-state index in [2.05, 4.69) is 5.32 Å². The molecule has 1 aromatic carbocycles. The van der Waals surface area contributed by atoms with Crippen molar-refractivity contribution in [2.24, 2.45) is 0 Å². The van der Waals surface area contributed by atoms with Crippen molar-refractivity contribution in [1.29, 1.82) is 0 Å². The standard InChI is InChI=1S/C20H27N3O5S/c1-4-14(2)23(16-10-11-29(27,28)13-16)17(24)12-22-18(25)20(3,21-19(22)26)15-8-6-5-7-9-15/h5-9,14,16H,4,10-13H2,1-3H3,(H,21,26)/t14-,16+,20+/m0/s1. The van der Waals surface area contributed by atoms with Gasteiger partial charge in [-0.3, -0.25) is 14.5 Å². The number of sulfone groups is 1. The van der Waals surface area contributed by atoms with Gasteiger partial charge in [0.25, 0.3) is 5.91 Å². The first kappa shape index (κ1) is 21.3. The van der Waals surface area contributed by atoms with Crippen molar-refractivity contribution in [2.75, 3.05) is 18.1 Å². The Bertz CT molecular complexity index is 917. The summed E-state index contributed by atoms with van der Waals surface area (Å²) >= 11 is 0. The van der Waals surface area contributed by atoms with Crippen LogP contribution in [0.15, 0.2) is 30.3 Å². The summed E-state index contributed by atoms with van der Waals surface area (Å²) in [5.41, 5.74) is -0.606. The molecule has 0 aliphatic carbocycles. The van der Waals surface area contributed by atoms with Crippen LogP contribution in [-0.4, -0.2) is 66.2 Å². The van der Waals surface area contributed by atoms with Gasteiger partial charge < -0.3 is 10.2 Å². The van der Waals surface area contributed by atoms with Crippen molar-refractivity contribution in [3.63, 3.8) is 0 Å². The van der Waals surface area contributed by atoms with Crippen molar-refractivity contribution in [3.05, 3.63) is 35.9 Å². The van der Waals surface area contributed by atoms with Crippen LogP contribution in [0.2, 0.25) is 0 Å². The van der Waals surface area contributed by atoms with Crippen LogP contribution in [0.1, 0.15) is 39.2 Å². The van der Waals surface area contributed by atoms with Crippen LogP contribution in [-0.2, 0) is 25.0 Å². The van der Waals surface area contributed by atoms with E-state index in [0.29, 0.717) is 18.4 Å². The third kappa shape index (κ3) is 4.01. The third-order valence-corrected chi connectivity index (χ3v) is 7.63. The molecule has 158 valence electrons. The molecule has 3 rings (SSSR count). The molecule has 0 spiro atoms. The average molecular weight is 422 g/mol. The molecule has 4 amide bonds. The highest BCUT2D eigenvalue weighted by molar-refractivity contribution is 7.91. The summed E-state index contributed by atoms with van der Waals surface area (Å²) < 4.78 is 23.8. The number of carbonyl (C=O) groups is 3. The number of benzene rings is 1. The number of hydrogen-bond donors (Lipinski definition) is 1. The predicted molar refractivity (Wildman–Crippen MR) is 108 cm³/mol. The molecule has 2 fully saturated rings. The van der Waals surface area contributed by atoms with Crippen LogP contribution < -0.4 is 5.32 Å². The molecule has 0 radical (unpaired) electrons. The predicted octanol–water partition coefficient (Wildman–Crippen LogP) is 1.27. The van der Waals surface area contributed by atoms with Crippen molar-refractivity contribution in [1.82, 2.24) is 15.1 Å². The summed E-state index contributed by atoms with van der Waals surface area (Å²) in [6.45, 7) is 4.97. The second-order valence-electron chi connectivity index (χ2n) is 7.93. The van der Waals surface area contributed by atoms with Gasteiger partial charge in [0.1, 0.15) is 12.1 Å².